The molecule has 6 nitrogen and oxygen atoms in total. The molecule has 3 rings (SSSR count). The van der Waals surface area contributed by atoms with Gasteiger partial charge in [-0.1, -0.05) is 11.8 Å². The predicted octanol–water partition coefficient (Wildman–Crippen LogP) is 1.37. The molecule has 2 aromatic rings. The number of aromatic nitrogens is 5. The highest BCUT2D eigenvalue weighted by Gasteiger charge is 2.29. The lowest BCUT2D eigenvalue weighted by Crippen LogP contribution is -2.08. The van der Waals surface area contributed by atoms with Gasteiger partial charge in [0.1, 0.15) is 11.6 Å². The van der Waals surface area contributed by atoms with Gasteiger partial charge in [0.15, 0.2) is 5.16 Å². The summed E-state index contributed by atoms with van der Waals surface area (Å²) in [5.74, 6) is 2.92. The average molecular weight is 278 g/mol. The van der Waals surface area contributed by atoms with Gasteiger partial charge >= 0.3 is 0 Å². The van der Waals surface area contributed by atoms with Gasteiger partial charge in [-0.3, -0.25) is 0 Å². The van der Waals surface area contributed by atoms with Crippen LogP contribution in [0.25, 0.3) is 0 Å². The second-order valence-corrected chi connectivity index (χ2v) is 5.78. The quantitative estimate of drug-likeness (QED) is 0.808. The molecule has 7 heteroatoms. The van der Waals surface area contributed by atoms with Crippen LogP contribution in [0.15, 0.2) is 17.6 Å². The maximum absolute atomic E-state index is 5.71. The van der Waals surface area contributed by atoms with Crippen LogP contribution < -0.4 is 5.73 Å². The maximum Gasteiger partial charge on any atom is 0.191 e. The minimum Gasteiger partial charge on any atom is -0.334 e. The summed E-state index contributed by atoms with van der Waals surface area (Å²) in [5, 5.41) is 9.44. The van der Waals surface area contributed by atoms with Crippen molar-refractivity contribution in [3.8, 4) is 0 Å². The van der Waals surface area contributed by atoms with Crippen molar-refractivity contribution in [2.75, 3.05) is 5.75 Å². The number of thioether (sulfide) groups is 1. The van der Waals surface area contributed by atoms with Gasteiger partial charge in [-0.15, -0.1) is 10.2 Å². The molecule has 1 saturated carbocycles. The average Bonchev–Trinajstić information content (AvgIpc) is 3.05. The summed E-state index contributed by atoms with van der Waals surface area (Å²) < 4.78 is 4.36. The molecule has 0 aromatic carbocycles. The Bertz CT molecular complexity index is 556. The zero-order valence-electron chi connectivity index (χ0n) is 11.0. The second-order valence-electron chi connectivity index (χ2n) is 4.72. The molecule has 2 N–H and O–H groups in total. The van der Waals surface area contributed by atoms with Gasteiger partial charge < -0.3 is 14.9 Å². The van der Waals surface area contributed by atoms with Crippen molar-refractivity contribution in [2.45, 2.75) is 44.1 Å². The van der Waals surface area contributed by atoms with E-state index in [9.17, 15) is 0 Å². The monoisotopic (exact) mass is 278 g/mol. The molecular weight excluding hydrogens is 260 g/mol. The second kappa shape index (κ2) is 5.34. The summed E-state index contributed by atoms with van der Waals surface area (Å²) in [5.41, 5.74) is 5.71. The summed E-state index contributed by atoms with van der Waals surface area (Å²) in [6.45, 7) is 3.42. The molecule has 1 aliphatic carbocycles. The Hall–Kier alpha value is -1.34. The van der Waals surface area contributed by atoms with E-state index < -0.39 is 0 Å². The fraction of sp³-hybridized carbons (Fsp3) is 0.583. The van der Waals surface area contributed by atoms with Crippen molar-refractivity contribution in [3.05, 3.63) is 24.0 Å². The fourth-order valence-corrected chi connectivity index (χ4v) is 3.08. The normalized spacial score (nSPS) is 15.1. The van der Waals surface area contributed by atoms with E-state index in [1.807, 2.05) is 19.3 Å². The zero-order valence-corrected chi connectivity index (χ0v) is 11.8. The molecule has 0 bridgehead atoms. The van der Waals surface area contributed by atoms with Gasteiger partial charge in [-0.25, -0.2) is 4.98 Å². The summed E-state index contributed by atoms with van der Waals surface area (Å²) >= 11 is 1.74. The van der Waals surface area contributed by atoms with E-state index >= 15 is 0 Å². The summed E-state index contributed by atoms with van der Waals surface area (Å²) in [6.07, 6.45) is 6.28. The van der Waals surface area contributed by atoms with Crippen LogP contribution in [0.5, 0.6) is 0 Å². The number of nitrogens with two attached hydrogens (primary N) is 1. The summed E-state index contributed by atoms with van der Waals surface area (Å²) in [6, 6.07) is 0.575. The van der Waals surface area contributed by atoms with Crippen LogP contribution in [-0.4, -0.2) is 30.1 Å². The molecule has 102 valence electrons. The number of hydrogen-bond donors (Lipinski definition) is 1. The first-order valence-electron chi connectivity index (χ1n) is 6.54. The van der Waals surface area contributed by atoms with Crippen molar-refractivity contribution < 1.29 is 0 Å². The van der Waals surface area contributed by atoms with Crippen LogP contribution in [0, 0.1) is 6.92 Å². The van der Waals surface area contributed by atoms with Gasteiger partial charge in [-0.2, -0.15) is 0 Å². The minimum atomic E-state index is 0.463. The number of aryl methyl sites for hydroxylation is 2. The van der Waals surface area contributed by atoms with E-state index in [0.717, 1.165) is 29.1 Å². The number of rotatable bonds is 6. The van der Waals surface area contributed by atoms with Crippen molar-refractivity contribution >= 4 is 11.8 Å². The molecule has 0 aliphatic heterocycles. The number of nitrogens with zero attached hydrogens (tertiary/aromatic N) is 5. The van der Waals surface area contributed by atoms with Crippen molar-refractivity contribution in [3.63, 3.8) is 0 Å². The van der Waals surface area contributed by atoms with Gasteiger partial charge in [0.2, 0.25) is 0 Å². The van der Waals surface area contributed by atoms with Gasteiger partial charge in [0, 0.05) is 30.7 Å². The molecule has 0 atom stereocenters. The standard InChI is InChI=1S/C12H18N6S/c1-9-14-4-5-17(9)6-7-19-12-16-15-11(8-13)18(12)10-2-3-10/h4-5,10H,2-3,6-8,13H2,1H3. The summed E-state index contributed by atoms with van der Waals surface area (Å²) in [4.78, 5) is 4.22. The molecule has 0 saturated heterocycles. The molecule has 1 fully saturated rings. The SMILES string of the molecule is Cc1nccn1CCSc1nnc(CN)n1C1CC1. The highest BCUT2D eigenvalue weighted by atomic mass is 32.2. The molecule has 1 aliphatic rings. The van der Waals surface area contributed by atoms with Crippen LogP contribution in [-0.2, 0) is 13.1 Å². The third-order valence-electron chi connectivity index (χ3n) is 3.32. The summed E-state index contributed by atoms with van der Waals surface area (Å²) in [7, 11) is 0. The van der Waals surface area contributed by atoms with Crippen molar-refractivity contribution in [1.82, 2.24) is 24.3 Å². The van der Waals surface area contributed by atoms with E-state index in [-0.39, 0.29) is 0 Å². The van der Waals surface area contributed by atoms with Crippen molar-refractivity contribution in [2.24, 2.45) is 5.73 Å². The third kappa shape index (κ3) is 2.66. The van der Waals surface area contributed by atoms with Crippen LogP contribution >= 0.6 is 11.8 Å². The molecule has 0 unspecified atom stereocenters. The van der Waals surface area contributed by atoms with Gasteiger partial charge in [0.25, 0.3) is 0 Å². The van der Waals surface area contributed by atoms with E-state index in [0.29, 0.717) is 12.6 Å². The molecule has 0 amide bonds. The fourth-order valence-electron chi connectivity index (χ4n) is 2.12. The van der Waals surface area contributed by atoms with E-state index in [4.69, 9.17) is 5.73 Å². The van der Waals surface area contributed by atoms with Crippen molar-refractivity contribution in [1.29, 1.82) is 0 Å². The van der Waals surface area contributed by atoms with Gasteiger partial charge in [0.05, 0.1) is 6.54 Å². The topological polar surface area (TPSA) is 74.6 Å². The molecule has 0 radical (unpaired) electrons. The van der Waals surface area contributed by atoms with E-state index in [1.165, 1.54) is 12.8 Å². The Kier molecular flexibility index (Phi) is 3.56. The van der Waals surface area contributed by atoms with Gasteiger partial charge in [-0.05, 0) is 19.8 Å². The van der Waals surface area contributed by atoms with Crippen LogP contribution in [0.1, 0.15) is 30.5 Å². The van der Waals surface area contributed by atoms with Crippen LogP contribution in [0.4, 0.5) is 0 Å². The third-order valence-corrected chi connectivity index (χ3v) is 4.24. The van der Waals surface area contributed by atoms with Crippen LogP contribution in [0.2, 0.25) is 0 Å². The minimum absolute atomic E-state index is 0.463. The first-order valence-corrected chi connectivity index (χ1v) is 7.52. The molecular formula is C12H18N6S. The largest absolute Gasteiger partial charge is 0.334 e. The molecule has 0 spiro atoms. The highest BCUT2D eigenvalue weighted by molar-refractivity contribution is 7.99. The smallest absolute Gasteiger partial charge is 0.191 e. The molecule has 2 heterocycles. The predicted molar refractivity (Wildman–Crippen MR) is 73.9 cm³/mol. The Morgan fingerprint density at radius 2 is 2.26 bits per heavy atom. The lowest BCUT2D eigenvalue weighted by molar-refractivity contribution is 0.625. The highest BCUT2D eigenvalue weighted by Crippen LogP contribution is 2.38. The lowest BCUT2D eigenvalue weighted by atomic mass is 10.5. The molecule has 19 heavy (non-hydrogen) atoms. The zero-order chi connectivity index (χ0) is 13.2. The van der Waals surface area contributed by atoms with E-state index in [2.05, 4.69) is 24.3 Å². The van der Waals surface area contributed by atoms with Crippen LogP contribution in [0.3, 0.4) is 0 Å². The van der Waals surface area contributed by atoms with E-state index in [1.54, 1.807) is 11.8 Å². The Labute approximate surface area is 116 Å². The molecule has 2 aromatic heterocycles. The first kappa shape index (κ1) is 12.7. The number of imidazole rings is 1. The lowest BCUT2D eigenvalue weighted by Gasteiger charge is -2.08. The number of hydrogen-bond acceptors (Lipinski definition) is 5. The Balaban J connectivity index is 1.64. The Morgan fingerprint density at radius 1 is 1.42 bits per heavy atom. The first-order chi connectivity index (χ1) is 9.29. The maximum atomic E-state index is 5.71. The Morgan fingerprint density at radius 3 is 2.89 bits per heavy atom.